The lowest BCUT2D eigenvalue weighted by Crippen LogP contribution is -2.30. The molecule has 64 heavy (non-hydrogen) atoms. The van der Waals surface area contributed by atoms with Crippen LogP contribution in [0.25, 0.3) is 0 Å². The van der Waals surface area contributed by atoms with Crippen LogP contribution >= 0.6 is 0 Å². The largest absolute Gasteiger partial charge is 0.462 e. The molecule has 1 atom stereocenters. The van der Waals surface area contributed by atoms with E-state index in [-0.39, 0.29) is 38.0 Å². The van der Waals surface area contributed by atoms with Crippen LogP contribution in [-0.2, 0) is 28.6 Å². The molecule has 1 unspecified atom stereocenters. The van der Waals surface area contributed by atoms with Crippen molar-refractivity contribution in [1.82, 2.24) is 0 Å². The maximum Gasteiger partial charge on any atom is 0.306 e. The van der Waals surface area contributed by atoms with Crippen molar-refractivity contribution in [3.63, 3.8) is 0 Å². The molecule has 0 amide bonds. The summed E-state index contributed by atoms with van der Waals surface area (Å²) in [6, 6.07) is 0. The predicted octanol–water partition coefficient (Wildman–Crippen LogP) is 16.7. The topological polar surface area (TPSA) is 78.9 Å². The molecule has 0 saturated carbocycles. The lowest BCUT2D eigenvalue weighted by atomic mass is 10.1. The van der Waals surface area contributed by atoms with Gasteiger partial charge < -0.3 is 14.2 Å². The van der Waals surface area contributed by atoms with Gasteiger partial charge in [-0.3, -0.25) is 14.4 Å². The normalized spacial score (nSPS) is 13.2. The third kappa shape index (κ3) is 48.6. The lowest BCUT2D eigenvalue weighted by Gasteiger charge is -2.18. The summed E-state index contributed by atoms with van der Waals surface area (Å²) in [5.41, 5.74) is 0. The smallest absolute Gasteiger partial charge is 0.306 e. The van der Waals surface area contributed by atoms with Gasteiger partial charge in [-0.2, -0.15) is 0 Å². The van der Waals surface area contributed by atoms with E-state index in [2.05, 4.69) is 130 Å². The molecular formula is C58H90O6. The summed E-state index contributed by atoms with van der Waals surface area (Å²) in [5, 5.41) is 0. The molecule has 0 aromatic heterocycles. The molecule has 0 aromatic rings. The maximum absolute atomic E-state index is 12.8. The summed E-state index contributed by atoms with van der Waals surface area (Å²) in [5.74, 6) is -1.14. The van der Waals surface area contributed by atoms with E-state index in [1.807, 2.05) is 24.3 Å². The zero-order valence-electron chi connectivity index (χ0n) is 40.7. The van der Waals surface area contributed by atoms with Crippen molar-refractivity contribution in [3.8, 4) is 0 Å². The highest BCUT2D eigenvalue weighted by Crippen LogP contribution is 2.11. The molecule has 0 aliphatic rings. The number of allylic oxidation sites excluding steroid dienone is 22. The molecular weight excluding hydrogens is 793 g/mol. The first-order chi connectivity index (χ1) is 31.5. The van der Waals surface area contributed by atoms with E-state index in [9.17, 15) is 14.4 Å². The second-order valence-electron chi connectivity index (χ2n) is 16.0. The number of unbranched alkanes of at least 4 members (excludes halogenated alkanes) is 10. The monoisotopic (exact) mass is 883 g/mol. The van der Waals surface area contributed by atoms with Gasteiger partial charge in [0.15, 0.2) is 6.10 Å². The van der Waals surface area contributed by atoms with Gasteiger partial charge >= 0.3 is 17.9 Å². The number of hydrogen-bond acceptors (Lipinski definition) is 6. The fraction of sp³-hybridized carbons (Fsp3) is 0.569. The number of rotatable bonds is 43. The molecule has 0 N–H and O–H groups in total. The van der Waals surface area contributed by atoms with Crippen LogP contribution in [0.1, 0.15) is 194 Å². The molecule has 0 aliphatic carbocycles. The molecule has 0 saturated heterocycles. The average molecular weight is 883 g/mol. The summed E-state index contributed by atoms with van der Waals surface area (Å²) < 4.78 is 16.6. The Morgan fingerprint density at radius 3 is 1.05 bits per heavy atom. The van der Waals surface area contributed by atoms with Crippen LogP contribution in [0.5, 0.6) is 0 Å². The zero-order chi connectivity index (χ0) is 46.5. The Balaban J connectivity index is 4.66. The van der Waals surface area contributed by atoms with Gasteiger partial charge in [-0.15, -0.1) is 0 Å². The van der Waals surface area contributed by atoms with E-state index in [0.29, 0.717) is 19.3 Å². The Labute approximate surface area is 392 Å². The summed E-state index contributed by atoms with van der Waals surface area (Å²) in [7, 11) is 0. The third-order valence-electron chi connectivity index (χ3n) is 9.90. The Kier molecular flexibility index (Phi) is 47.6. The molecule has 358 valence electrons. The number of carbonyl (C=O) groups is 3. The Morgan fingerprint density at radius 2 is 0.641 bits per heavy atom. The summed E-state index contributed by atoms with van der Waals surface area (Å²) in [6.45, 7) is 6.24. The second kappa shape index (κ2) is 51.2. The van der Waals surface area contributed by atoms with Crippen molar-refractivity contribution in [2.45, 2.75) is 200 Å². The maximum atomic E-state index is 12.8. The van der Waals surface area contributed by atoms with Crippen molar-refractivity contribution < 1.29 is 28.6 Å². The second-order valence-corrected chi connectivity index (χ2v) is 16.0. The van der Waals surface area contributed by atoms with Crippen LogP contribution in [-0.4, -0.2) is 37.2 Å². The van der Waals surface area contributed by atoms with Crippen LogP contribution < -0.4 is 0 Å². The summed E-state index contributed by atoms with van der Waals surface area (Å²) in [6.07, 6.45) is 71.7. The third-order valence-corrected chi connectivity index (χ3v) is 9.90. The van der Waals surface area contributed by atoms with Crippen LogP contribution in [0.15, 0.2) is 134 Å². The first-order valence-electron chi connectivity index (χ1n) is 25.2. The van der Waals surface area contributed by atoms with Gasteiger partial charge in [-0.1, -0.05) is 199 Å². The highest BCUT2D eigenvalue weighted by Gasteiger charge is 2.19. The molecule has 0 aromatic carbocycles. The van der Waals surface area contributed by atoms with E-state index < -0.39 is 12.1 Å². The van der Waals surface area contributed by atoms with Gasteiger partial charge in [0, 0.05) is 19.3 Å². The molecule has 0 bridgehead atoms. The molecule has 0 fully saturated rings. The van der Waals surface area contributed by atoms with Gasteiger partial charge in [-0.25, -0.2) is 0 Å². The standard InChI is InChI=1S/C58H90O6/c1-4-7-10-13-16-19-22-25-28-30-33-36-39-42-45-48-51-57(60)63-54-55(53-62-56(59)50-47-44-41-38-35-32-27-24-21-18-15-12-9-6-3)64-58(61)52-49-46-43-40-37-34-31-29-26-23-20-17-14-11-8-5-2/h7-8,10-11,16-17,19-20,25-26,28-29,32-37,42-43,45-46,55H,4-6,9,12-15,18,21-24,27,30-31,38-41,44,47-54H2,1-3H3/b10-7-,11-8-,19-16-,20-17-,28-25-,29-26-,35-32-,36-33-,37-34-,45-42-,46-43-. The molecule has 0 aliphatic heterocycles. The lowest BCUT2D eigenvalue weighted by molar-refractivity contribution is -0.166. The van der Waals surface area contributed by atoms with E-state index >= 15 is 0 Å². The quantitative estimate of drug-likeness (QED) is 0.0263. The van der Waals surface area contributed by atoms with Gasteiger partial charge in [0.1, 0.15) is 13.2 Å². The summed E-state index contributed by atoms with van der Waals surface area (Å²) >= 11 is 0. The Hall–Kier alpha value is -4.45. The minimum Gasteiger partial charge on any atom is -0.462 e. The highest BCUT2D eigenvalue weighted by molar-refractivity contribution is 5.71. The van der Waals surface area contributed by atoms with Crippen LogP contribution in [0, 0.1) is 0 Å². The molecule has 6 heteroatoms. The zero-order valence-corrected chi connectivity index (χ0v) is 40.7. The van der Waals surface area contributed by atoms with E-state index in [0.717, 1.165) is 96.3 Å². The van der Waals surface area contributed by atoms with Crippen molar-refractivity contribution >= 4 is 17.9 Å². The van der Waals surface area contributed by atoms with E-state index in [4.69, 9.17) is 14.2 Å². The molecule has 0 rings (SSSR count). The van der Waals surface area contributed by atoms with Crippen molar-refractivity contribution in [1.29, 1.82) is 0 Å². The summed E-state index contributed by atoms with van der Waals surface area (Å²) in [4.78, 5) is 37.9. The predicted molar refractivity (Wildman–Crippen MR) is 274 cm³/mol. The minimum absolute atomic E-state index is 0.143. The van der Waals surface area contributed by atoms with Crippen LogP contribution in [0.2, 0.25) is 0 Å². The fourth-order valence-corrected chi connectivity index (χ4v) is 6.18. The van der Waals surface area contributed by atoms with Crippen molar-refractivity contribution in [2.24, 2.45) is 0 Å². The van der Waals surface area contributed by atoms with Crippen molar-refractivity contribution in [2.75, 3.05) is 13.2 Å². The van der Waals surface area contributed by atoms with Gasteiger partial charge in [-0.05, 0) is 109 Å². The van der Waals surface area contributed by atoms with Gasteiger partial charge in [0.2, 0.25) is 0 Å². The molecule has 6 nitrogen and oxygen atoms in total. The number of carbonyl (C=O) groups excluding carboxylic acids is 3. The van der Waals surface area contributed by atoms with Gasteiger partial charge in [0.25, 0.3) is 0 Å². The Morgan fingerprint density at radius 1 is 0.328 bits per heavy atom. The van der Waals surface area contributed by atoms with E-state index in [1.54, 1.807) is 0 Å². The first-order valence-corrected chi connectivity index (χ1v) is 25.2. The van der Waals surface area contributed by atoms with Crippen LogP contribution in [0.3, 0.4) is 0 Å². The van der Waals surface area contributed by atoms with Crippen LogP contribution in [0.4, 0.5) is 0 Å². The Bertz CT molecular complexity index is 1430. The SMILES string of the molecule is CC/C=C\C/C=C\C/C=C\C/C=C\C/C=C\CCC(=O)OCC(COC(=O)CCCCC/C=C\CCCCCCCCC)OC(=O)CC/C=C\C/C=C\C/C=C\C/C=C\C/C=C\CC. The highest BCUT2D eigenvalue weighted by atomic mass is 16.6. The molecule has 0 heterocycles. The average Bonchev–Trinajstić information content (AvgIpc) is 3.29. The minimum atomic E-state index is -0.857. The number of ether oxygens (including phenoxy) is 3. The number of esters is 3. The van der Waals surface area contributed by atoms with E-state index in [1.165, 1.54) is 44.9 Å². The number of hydrogen-bond donors (Lipinski definition) is 0. The van der Waals surface area contributed by atoms with Crippen molar-refractivity contribution in [3.05, 3.63) is 134 Å². The van der Waals surface area contributed by atoms with Gasteiger partial charge in [0.05, 0.1) is 0 Å². The fourth-order valence-electron chi connectivity index (χ4n) is 6.18. The first kappa shape index (κ1) is 59.5. The molecule has 0 radical (unpaired) electrons. The molecule has 0 spiro atoms.